The van der Waals surface area contributed by atoms with Crippen molar-refractivity contribution in [1.82, 2.24) is 9.66 Å². The number of nitrogens with zero attached hydrogens (tertiary/aromatic N) is 4. The van der Waals surface area contributed by atoms with Gasteiger partial charge >= 0.3 is 5.97 Å². The van der Waals surface area contributed by atoms with Gasteiger partial charge in [0.25, 0.3) is 11.2 Å². The van der Waals surface area contributed by atoms with Crippen molar-refractivity contribution < 1.29 is 19.2 Å². The van der Waals surface area contributed by atoms with Crippen molar-refractivity contribution in [2.75, 3.05) is 7.11 Å². The maximum atomic E-state index is 13.4. The molecule has 4 aromatic carbocycles. The molecule has 1 aromatic heterocycles. The number of benzene rings is 4. The number of aromatic nitrogens is 2. The largest absolute Gasteiger partial charge is 0.493 e. The molecule has 0 amide bonds. The second kappa shape index (κ2) is 11.0. The summed E-state index contributed by atoms with van der Waals surface area (Å²) in [6.07, 6.45) is 1.49. The average molecular weight is 535 g/mol. The molecule has 1 heterocycles. The lowest BCUT2D eigenvalue weighted by Gasteiger charge is -2.11. The van der Waals surface area contributed by atoms with Crippen molar-refractivity contribution in [3.63, 3.8) is 0 Å². The number of carbonyl (C=O) groups excluding carboxylic acids is 1. The number of methoxy groups -OCH3 is 1. The van der Waals surface area contributed by atoms with Crippen LogP contribution in [0.1, 0.15) is 21.5 Å². The van der Waals surface area contributed by atoms with E-state index < -0.39 is 10.9 Å². The molecule has 0 aliphatic carbocycles. The highest BCUT2D eigenvalue weighted by atomic mass is 16.6. The summed E-state index contributed by atoms with van der Waals surface area (Å²) in [6, 6.07) is 24.6. The highest BCUT2D eigenvalue weighted by molar-refractivity contribution is 5.92. The van der Waals surface area contributed by atoms with E-state index in [1.165, 1.54) is 48.3 Å². The van der Waals surface area contributed by atoms with E-state index >= 15 is 0 Å². The molecule has 10 nitrogen and oxygen atoms in total. The summed E-state index contributed by atoms with van der Waals surface area (Å²) in [5, 5.41) is 15.7. The quantitative estimate of drug-likeness (QED) is 0.0901. The van der Waals surface area contributed by atoms with Crippen molar-refractivity contribution in [3.8, 4) is 22.9 Å². The molecule has 0 unspecified atom stereocenters. The summed E-state index contributed by atoms with van der Waals surface area (Å²) in [5.41, 5.74) is 2.63. The molecule has 40 heavy (non-hydrogen) atoms. The lowest BCUT2D eigenvalue weighted by atomic mass is 10.1. The molecule has 0 N–H and O–H groups in total. The summed E-state index contributed by atoms with van der Waals surface area (Å²) < 4.78 is 12.1. The predicted molar refractivity (Wildman–Crippen MR) is 150 cm³/mol. The van der Waals surface area contributed by atoms with E-state index in [1.54, 1.807) is 30.3 Å². The van der Waals surface area contributed by atoms with Crippen LogP contribution in [0.15, 0.2) is 101 Å². The first-order valence-electron chi connectivity index (χ1n) is 12.1. The SMILES string of the molecule is COc1cc(C=Nn2c(-c3ccc(C)cc3)nc3ccccc3c2=O)ccc1OC(=O)c1ccc([N+](=O)[O-])cc1. The third-order valence-corrected chi connectivity index (χ3v) is 6.09. The minimum atomic E-state index is -0.703. The minimum Gasteiger partial charge on any atom is -0.493 e. The summed E-state index contributed by atoms with van der Waals surface area (Å²) >= 11 is 0. The van der Waals surface area contributed by atoms with E-state index in [-0.39, 0.29) is 28.3 Å². The van der Waals surface area contributed by atoms with E-state index in [1.807, 2.05) is 37.3 Å². The average Bonchev–Trinajstić information content (AvgIpc) is 2.97. The molecule has 0 bridgehead atoms. The van der Waals surface area contributed by atoms with Gasteiger partial charge in [0.05, 0.1) is 34.7 Å². The standard InChI is InChI=1S/C30H22N4O6/c1-19-7-10-21(11-8-19)28-32-25-6-4-3-5-24(25)29(35)33(28)31-18-20-9-16-26(27(17-20)39-2)40-30(36)22-12-14-23(15-13-22)34(37)38/h3-18H,1-2H3. The van der Waals surface area contributed by atoms with E-state index in [0.29, 0.717) is 22.3 Å². The van der Waals surface area contributed by atoms with Crippen molar-refractivity contribution >= 4 is 28.8 Å². The van der Waals surface area contributed by atoms with Gasteiger partial charge in [-0.15, -0.1) is 0 Å². The smallest absolute Gasteiger partial charge is 0.343 e. The lowest BCUT2D eigenvalue weighted by molar-refractivity contribution is -0.384. The highest BCUT2D eigenvalue weighted by Crippen LogP contribution is 2.29. The predicted octanol–water partition coefficient (Wildman–Crippen LogP) is 5.39. The first-order valence-corrected chi connectivity index (χ1v) is 12.1. The van der Waals surface area contributed by atoms with Crippen LogP contribution in [0.3, 0.4) is 0 Å². The van der Waals surface area contributed by atoms with Crippen molar-refractivity contribution in [2.24, 2.45) is 5.10 Å². The van der Waals surface area contributed by atoms with Crippen molar-refractivity contribution in [1.29, 1.82) is 0 Å². The van der Waals surface area contributed by atoms with E-state index in [0.717, 1.165) is 11.1 Å². The number of hydrogen-bond acceptors (Lipinski definition) is 8. The van der Waals surface area contributed by atoms with Crippen molar-refractivity contribution in [2.45, 2.75) is 6.92 Å². The van der Waals surface area contributed by atoms with E-state index in [2.05, 4.69) is 5.10 Å². The Hall–Kier alpha value is -5.64. The third-order valence-electron chi connectivity index (χ3n) is 6.09. The number of fused-ring (bicyclic) bond motifs is 1. The summed E-state index contributed by atoms with van der Waals surface area (Å²) in [4.78, 5) is 41.0. The lowest BCUT2D eigenvalue weighted by Crippen LogP contribution is -2.20. The van der Waals surface area contributed by atoms with Gasteiger partial charge in [0.2, 0.25) is 0 Å². The maximum Gasteiger partial charge on any atom is 0.343 e. The van der Waals surface area contributed by atoms with Gasteiger partial charge in [0, 0.05) is 17.7 Å². The molecule has 0 atom stereocenters. The van der Waals surface area contributed by atoms with Crippen LogP contribution in [0.25, 0.3) is 22.3 Å². The number of ether oxygens (including phenoxy) is 2. The Morgan fingerprint density at radius 2 is 1.70 bits per heavy atom. The highest BCUT2D eigenvalue weighted by Gasteiger charge is 2.15. The Morgan fingerprint density at radius 3 is 2.40 bits per heavy atom. The zero-order valence-corrected chi connectivity index (χ0v) is 21.5. The van der Waals surface area contributed by atoms with Gasteiger partial charge in [0.15, 0.2) is 17.3 Å². The molecule has 0 radical (unpaired) electrons. The molecule has 0 fully saturated rings. The number of aryl methyl sites for hydroxylation is 1. The topological polar surface area (TPSA) is 126 Å². The van der Waals surface area contributed by atoms with Gasteiger partial charge in [-0.2, -0.15) is 9.78 Å². The Kier molecular flexibility index (Phi) is 7.14. The van der Waals surface area contributed by atoms with Gasteiger partial charge in [0.1, 0.15) is 0 Å². The molecule has 0 saturated carbocycles. The van der Waals surface area contributed by atoms with Gasteiger partial charge in [-0.1, -0.05) is 42.0 Å². The zero-order valence-electron chi connectivity index (χ0n) is 21.5. The van der Waals surface area contributed by atoms with E-state index in [9.17, 15) is 19.7 Å². The molecule has 198 valence electrons. The molecular weight excluding hydrogens is 512 g/mol. The number of nitro groups is 1. The van der Waals surface area contributed by atoms with Gasteiger partial charge in [-0.25, -0.2) is 9.78 Å². The molecule has 0 saturated heterocycles. The molecule has 0 aliphatic heterocycles. The van der Waals surface area contributed by atoms with Gasteiger partial charge in [-0.3, -0.25) is 14.9 Å². The number of para-hydroxylation sites is 1. The molecule has 0 spiro atoms. The number of esters is 1. The van der Waals surface area contributed by atoms with Crippen LogP contribution in [0, 0.1) is 17.0 Å². The second-order valence-corrected chi connectivity index (χ2v) is 8.78. The molecule has 10 heteroatoms. The number of hydrogen-bond donors (Lipinski definition) is 0. The monoisotopic (exact) mass is 534 g/mol. The van der Waals surface area contributed by atoms with Crippen LogP contribution in [0.2, 0.25) is 0 Å². The first kappa shape index (κ1) is 26.0. The fourth-order valence-corrected chi connectivity index (χ4v) is 3.97. The Labute approximate surface area is 227 Å². The normalized spacial score (nSPS) is 11.1. The van der Waals surface area contributed by atoms with Crippen LogP contribution >= 0.6 is 0 Å². The molecular formula is C30H22N4O6. The van der Waals surface area contributed by atoms with Crippen LogP contribution < -0.4 is 15.0 Å². The van der Waals surface area contributed by atoms with Gasteiger partial charge < -0.3 is 9.47 Å². The van der Waals surface area contributed by atoms with Crippen LogP contribution in [-0.2, 0) is 0 Å². The summed E-state index contributed by atoms with van der Waals surface area (Å²) in [6.45, 7) is 1.98. The van der Waals surface area contributed by atoms with E-state index in [4.69, 9.17) is 14.5 Å². The third kappa shape index (κ3) is 5.32. The maximum absolute atomic E-state index is 13.4. The van der Waals surface area contributed by atoms with Crippen molar-refractivity contribution in [3.05, 3.63) is 128 Å². The minimum absolute atomic E-state index is 0.135. The zero-order chi connectivity index (χ0) is 28.2. The Bertz CT molecular complexity index is 1830. The van der Waals surface area contributed by atoms with Crippen LogP contribution in [0.4, 0.5) is 5.69 Å². The fraction of sp³-hybridized carbons (Fsp3) is 0.0667. The number of rotatable bonds is 7. The Morgan fingerprint density at radius 1 is 0.975 bits per heavy atom. The number of nitro benzene ring substituents is 1. The summed E-state index contributed by atoms with van der Waals surface area (Å²) in [5.74, 6) is 0.0848. The molecule has 5 aromatic rings. The fourth-order valence-electron chi connectivity index (χ4n) is 3.97. The first-order chi connectivity index (χ1) is 19.3. The number of carbonyl (C=O) groups is 1. The molecule has 5 rings (SSSR count). The van der Waals surface area contributed by atoms with Crippen LogP contribution in [-0.4, -0.2) is 33.9 Å². The summed E-state index contributed by atoms with van der Waals surface area (Å²) in [7, 11) is 1.42. The number of non-ortho nitro benzene ring substituents is 1. The second-order valence-electron chi connectivity index (χ2n) is 8.78. The van der Waals surface area contributed by atoms with Gasteiger partial charge in [-0.05, 0) is 55.0 Å². The Balaban J connectivity index is 1.47. The van der Waals surface area contributed by atoms with Crippen LogP contribution in [0.5, 0.6) is 11.5 Å². The molecule has 0 aliphatic rings.